The van der Waals surface area contributed by atoms with Crippen LogP contribution in [0.15, 0.2) is 61.1 Å². The Morgan fingerprint density at radius 3 is 2.52 bits per heavy atom. The number of hydrogen-bond acceptors (Lipinski definition) is 4. The standard InChI is InChI=1S/C17H11F3N4O/c18-17(19,20)12-5-3-4-11(8-12)13-9-14(23-10-22-13)16(25)24-15-6-1-2-7-21-15/h1-10H,(H,21,24,25). The van der Waals surface area contributed by atoms with E-state index >= 15 is 0 Å². The molecule has 0 aliphatic carbocycles. The Morgan fingerprint density at radius 2 is 1.80 bits per heavy atom. The van der Waals surface area contributed by atoms with E-state index in [-0.39, 0.29) is 17.0 Å². The first-order chi connectivity index (χ1) is 11.9. The average Bonchev–Trinajstić information content (AvgIpc) is 2.62. The maximum Gasteiger partial charge on any atom is 0.416 e. The van der Waals surface area contributed by atoms with Crippen LogP contribution in [0, 0.1) is 0 Å². The van der Waals surface area contributed by atoms with E-state index in [1.165, 1.54) is 24.4 Å². The van der Waals surface area contributed by atoms with Crippen LogP contribution in [-0.4, -0.2) is 20.9 Å². The summed E-state index contributed by atoms with van der Waals surface area (Å²) in [7, 11) is 0. The van der Waals surface area contributed by atoms with E-state index in [1.54, 1.807) is 18.2 Å². The summed E-state index contributed by atoms with van der Waals surface area (Å²) >= 11 is 0. The van der Waals surface area contributed by atoms with Crippen LogP contribution in [0.3, 0.4) is 0 Å². The summed E-state index contributed by atoms with van der Waals surface area (Å²) in [6, 6.07) is 11.1. The van der Waals surface area contributed by atoms with Gasteiger partial charge in [-0.1, -0.05) is 18.2 Å². The third-order valence-electron chi connectivity index (χ3n) is 3.29. The minimum Gasteiger partial charge on any atom is -0.305 e. The van der Waals surface area contributed by atoms with Gasteiger partial charge in [-0.15, -0.1) is 0 Å². The van der Waals surface area contributed by atoms with Gasteiger partial charge in [0, 0.05) is 11.8 Å². The molecule has 0 saturated heterocycles. The number of rotatable bonds is 3. The molecule has 0 atom stereocenters. The fourth-order valence-corrected chi connectivity index (χ4v) is 2.11. The van der Waals surface area contributed by atoms with E-state index in [1.807, 2.05) is 0 Å². The monoisotopic (exact) mass is 344 g/mol. The highest BCUT2D eigenvalue weighted by Crippen LogP contribution is 2.31. The van der Waals surface area contributed by atoms with Gasteiger partial charge in [-0.25, -0.2) is 15.0 Å². The minimum absolute atomic E-state index is 0.0214. The number of nitrogens with zero attached hydrogens (tertiary/aromatic N) is 3. The van der Waals surface area contributed by atoms with Gasteiger partial charge in [0.25, 0.3) is 5.91 Å². The van der Waals surface area contributed by atoms with E-state index in [0.29, 0.717) is 5.82 Å². The van der Waals surface area contributed by atoms with E-state index in [2.05, 4.69) is 20.3 Å². The molecule has 0 saturated carbocycles. The van der Waals surface area contributed by atoms with Crippen molar-refractivity contribution in [3.63, 3.8) is 0 Å². The lowest BCUT2D eigenvalue weighted by Gasteiger charge is -2.09. The maximum absolute atomic E-state index is 12.8. The second-order valence-electron chi connectivity index (χ2n) is 5.04. The molecule has 5 nitrogen and oxygen atoms in total. The van der Waals surface area contributed by atoms with Crippen molar-refractivity contribution in [2.75, 3.05) is 5.32 Å². The molecular formula is C17H11F3N4O. The molecule has 0 aliphatic heterocycles. The Kier molecular flexibility index (Phi) is 4.42. The molecule has 1 N–H and O–H groups in total. The van der Waals surface area contributed by atoms with Crippen molar-refractivity contribution in [2.24, 2.45) is 0 Å². The van der Waals surface area contributed by atoms with Crippen LogP contribution in [0.25, 0.3) is 11.3 Å². The third-order valence-corrected chi connectivity index (χ3v) is 3.29. The number of hydrogen-bond donors (Lipinski definition) is 1. The number of amides is 1. The van der Waals surface area contributed by atoms with Crippen LogP contribution in [-0.2, 0) is 6.18 Å². The molecule has 126 valence electrons. The average molecular weight is 344 g/mol. The fraction of sp³-hybridized carbons (Fsp3) is 0.0588. The van der Waals surface area contributed by atoms with Gasteiger partial charge in [0.15, 0.2) is 0 Å². The van der Waals surface area contributed by atoms with Crippen molar-refractivity contribution in [1.29, 1.82) is 0 Å². The van der Waals surface area contributed by atoms with E-state index < -0.39 is 17.6 Å². The third kappa shape index (κ3) is 3.97. The molecule has 25 heavy (non-hydrogen) atoms. The summed E-state index contributed by atoms with van der Waals surface area (Å²) in [5.41, 5.74) is -0.312. The van der Waals surface area contributed by atoms with Crippen LogP contribution in [0.2, 0.25) is 0 Å². The summed E-state index contributed by atoms with van der Waals surface area (Å²) in [5, 5.41) is 2.55. The van der Waals surface area contributed by atoms with Gasteiger partial charge in [0.2, 0.25) is 0 Å². The number of anilines is 1. The number of nitrogens with one attached hydrogen (secondary N) is 1. The zero-order valence-electron chi connectivity index (χ0n) is 12.7. The number of carbonyl (C=O) groups excluding carboxylic acids is 1. The number of aromatic nitrogens is 3. The van der Waals surface area contributed by atoms with Gasteiger partial charge in [-0.3, -0.25) is 4.79 Å². The second kappa shape index (κ2) is 6.68. The molecule has 1 aromatic carbocycles. The highest BCUT2D eigenvalue weighted by molar-refractivity contribution is 6.02. The molecule has 0 fully saturated rings. The summed E-state index contributed by atoms with van der Waals surface area (Å²) < 4.78 is 38.5. The Morgan fingerprint density at radius 1 is 0.960 bits per heavy atom. The fourth-order valence-electron chi connectivity index (χ4n) is 2.11. The van der Waals surface area contributed by atoms with Crippen molar-refractivity contribution >= 4 is 11.7 Å². The quantitative estimate of drug-likeness (QED) is 0.784. The SMILES string of the molecule is O=C(Nc1ccccn1)c1cc(-c2cccc(C(F)(F)F)c2)ncn1. The second-order valence-corrected chi connectivity index (χ2v) is 5.04. The van der Waals surface area contributed by atoms with E-state index in [0.717, 1.165) is 18.5 Å². The molecular weight excluding hydrogens is 333 g/mol. The van der Waals surface area contributed by atoms with Gasteiger partial charge in [-0.2, -0.15) is 13.2 Å². The van der Waals surface area contributed by atoms with Crippen molar-refractivity contribution in [3.05, 3.63) is 72.3 Å². The predicted molar refractivity (Wildman–Crippen MR) is 84.7 cm³/mol. The molecule has 1 amide bonds. The number of benzene rings is 1. The van der Waals surface area contributed by atoms with Crippen LogP contribution in [0.1, 0.15) is 16.1 Å². The molecule has 0 bridgehead atoms. The largest absolute Gasteiger partial charge is 0.416 e. The van der Waals surface area contributed by atoms with Gasteiger partial charge >= 0.3 is 6.18 Å². The number of carbonyl (C=O) groups is 1. The van der Waals surface area contributed by atoms with Gasteiger partial charge in [0.1, 0.15) is 17.8 Å². The predicted octanol–water partition coefficient (Wildman–Crippen LogP) is 3.81. The molecule has 0 radical (unpaired) electrons. The zero-order chi connectivity index (χ0) is 17.9. The Bertz CT molecular complexity index is 898. The Balaban J connectivity index is 1.88. The molecule has 3 aromatic rings. The molecule has 2 aromatic heterocycles. The van der Waals surface area contributed by atoms with Crippen molar-refractivity contribution in [3.8, 4) is 11.3 Å². The lowest BCUT2D eigenvalue weighted by Crippen LogP contribution is -2.14. The minimum atomic E-state index is -4.46. The zero-order valence-corrected chi connectivity index (χ0v) is 12.7. The highest BCUT2D eigenvalue weighted by Gasteiger charge is 2.30. The lowest BCUT2D eigenvalue weighted by atomic mass is 10.1. The van der Waals surface area contributed by atoms with Gasteiger partial charge in [0.05, 0.1) is 11.3 Å². The maximum atomic E-state index is 12.8. The normalized spacial score (nSPS) is 11.2. The van der Waals surface area contributed by atoms with Crippen molar-refractivity contribution in [2.45, 2.75) is 6.18 Å². The first-order valence-electron chi connectivity index (χ1n) is 7.15. The molecule has 0 spiro atoms. The molecule has 0 unspecified atom stereocenters. The summed E-state index contributed by atoms with van der Waals surface area (Å²) in [4.78, 5) is 24.0. The van der Waals surface area contributed by atoms with Crippen LogP contribution >= 0.6 is 0 Å². The molecule has 8 heteroatoms. The molecule has 3 rings (SSSR count). The van der Waals surface area contributed by atoms with E-state index in [9.17, 15) is 18.0 Å². The smallest absolute Gasteiger partial charge is 0.305 e. The van der Waals surface area contributed by atoms with Gasteiger partial charge < -0.3 is 5.32 Å². The molecule has 0 aliphatic rings. The summed E-state index contributed by atoms with van der Waals surface area (Å²) in [5.74, 6) is -0.193. The van der Waals surface area contributed by atoms with Gasteiger partial charge in [-0.05, 0) is 30.3 Å². The Labute approximate surface area is 140 Å². The van der Waals surface area contributed by atoms with E-state index in [4.69, 9.17) is 0 Å². The number of pyridine rings is 1. The molecule has 2 heterocycles. The summed E-state index contributed by atoms with van der Waals surface area (Å²) in [6.45, 7) is 0. The topological polar surface area (TPSA) is 67.8 Å². The number of alkyl halides is 3. The lowest BCUT2D eigenvalue weighted by molar-refractivity contribution is -0.137. The first kappa shape index (κ1) is 16.6. The van der Waals surface area contributed by atoms with Crippen molar-refractivity contribution < 1.29 is 18.0 Å². The summed E-state index contributed by atoms with van der Waals surface area (Å²) in [6.07, 6.45) is -1.81. The first-order valence-corrected chi connectivity index (χ1v) is 7.15. The van der Waals surface area contributed by atoms with Crippen molar-refractivity contribution in [1.82, 2.24) is 15.0 Å². The van der Waals surface area contributed by atoms with Crippen LogP contribution < -0.4 is 5.32 Å². The van der Waals surface area contributed by atoms with Crippen LogP contribution in [0.4, 0.5) is 19.0 Å². The Hall–Kier alpha value is -3.29. The highest BCUT2D eigenvalue weighted by atomic mass is 19.4. The van der Waals surface area contributed by atoms with Crippen LogP contribution in [0.5, 0.6) is 0 Å². The number of halogens is 3.